The molecule has 0 amide bonds. The largest absolute Gasteiger partial charge is 0.462 e. The van der Waals surface area contributed by atoms with Crippen LogP contribution in [-0.4, -0.2) is 58.2 Å². The Balaban J connectivity index is 2.25. The zero-order chi connectivity index (χ0) is 28.8. The summed E-state index contributed by atoms with van der Waals surface area (Å²) in [5, 5.41) is 5.06. The normalized spacial score (nSPS) is 24.7. The first-order chi connectivity index (χ1) is 17.6. The molecule has 15 heteroatoms. The van der Waals surface area contributed by atoms with E-state index in [2.05, 4.69) is 15.2 Å². The van der Waals surface area contributed by atoms with Crippen molar-refractivity contribution in [1.82, 2.24) is 19.7 Å². The predicted molar refractivity (Wildman–Crippen MR) is 135 cm³/mol. The number of aromatic nitrogens is 2. The molecule has 216 valence electrons. The van der Waals surface area contributed by atoms with Gasteiger partial charge in [-0.3, -0.25) is 28.5 Å². The van der Waals surface area contributed by atoms with E-state index in [9.17, 15) is 23.7 Å². The lowest BCUT2D eigenvalue weighted by Gasteiger charge is -2.29. The maximum atomic E-state index is 15.8. The highest BCUT2D eigenvalue weighted by Crippen LogP contribution is 2.46. The number of alkyl halides is 1. The fraction of sp³-hybridized carbons (Fsp3) is 0.739. The summed E-state index contributed by atoms with van der Waals surface area (Å²) in [4.78, 5) is 50.5. The molecule has 1 aromatic heterocycles. The van der Waals surface area contributed by atoms with Gasteiger partial charge in [-0.05, 0) is 41.0 Å². The summed E-state index contributed by atoms with van der Waals surface area (Å²) in [6.07, 6.45) is -0.852. The standard InChI is InChI=1S/C23H38FN4O9P/c1-8-17(21(31)36-14(4)5)27-38(33,26-16(7)20(30)35-13(2)3)34-12-23(24)11-15(6)19(37-23)28-10-9-18(29)25-22(28)32/h9-10,13-17,19H,8,11-12H2,1-7H3,(H,25,29,32)(H2,26,27,33)/t15-,16-,17-,19+,23-,38?/m0/s1. The molecule has 13 nitrogen and oxygen atoms in total. The van der Waals surface area contributed by atoms with Gasteiger partial charge in [0.05, 0.1) is 12.2 Å². The van der Waals surface area contributed by atoms with Gasteiger partial charge in [-0.1, -0.05) is 13.8 Å². The minimum absolute atomic E-state index is 0.150. The van der Waals surface area contributed by atoms with Gasteiger partial charge in [0.1, 0.15) is 24.9 Å². The summed E-state index contributed by atoms with van der Waals surface area (Å²) >= 11 is 0. The molecule has 0 aromatic carbocycles. The fourth-order valence-corrected chi connectivity index (χ4v) is 5.70. The zero-order valence-electron chi connectivity index (χ0n) is 22.7. The Hall–Kier alpha value is -2.38. The SMILES string of the molecule is CC[C@H](NP(=O)(N[C@@H](C)C(=O)OC(C)C)OC[C@]1(F)C[C@H](C)[C@H](n2ccc(=O)[nH]c2=O)O1)C(=O)OC(C)C. The summed E-state index contributed by atoms with van der Waals surface area (Å²) in [6.45, 7) is 10.4. The molecule has 2 rings (SSSR count). The molecule has 1 aliphatic heterocycles. The molecule has 2 heterocycles. The van der Waals surface area contributed by atoms with E-state index in [-0.39, 0.29) is 12.8 Å². The highest BCUT2D eigenvalue weighted by molar-refractivity contribution is 7.54. The summed E-state index contributed by atoms with van der Waals surface area (Å²) in [5.74, 6) is -4.46. The maximum absolute atomic E-state index is 15.8. The molecule has 1 unspecified atom stereocenters. The van der Waals surface area contributed by atoms with Crippen LogP contribution < -0.4 is 21.4 Å². The number of nitrogens with zero attached hydrogens (tertiary/aromatic N) is 1. The minimum Gasteiger partial charge on any atom is -0.462 e. The first kappa shape index (κ1) is 31.8. The topological polar surface area (TPSA) is 167 Å². The molecule has 1 saturated heterocycles. The molecule has 6 atom stereocenters. The van der Waals surface area contributed by atoms with Crippen LogP contribution in [0.25, 0.3) is 0 Å². The monoisotopic (exact) mass is 564 g/mol. The van der Waals surface area contributed by atoms with Gasteiger partial charge in [0.25, 0.3) is 5.56 Å². The van der Waals surface area contributed by atoms with Gasteiger partial charge in [-0.2, -0.15) is 0 Å². The molecule has 1 fully saturated rings. The summed E-state index contributed by atoms with van der Waals surface area (Å²) in [5.41, 5.74) is -1.39. The summed E-state index contributed by atoms with van der Waals surface area (Å²) in [6, 6.07) is -1.15. The van der Waals surface area contributed by atoms with Gasteiger partial charge in [0.15, 0.2) is 0 Å². The van der Waals surface area contributed by atoms with Gasteiger partial charge < -0.3 is 18.7 Å². The number of carbonyl (C=O) groups excluding carboxylic acids is 2. The zero-order valence-corrected chi connectivity index (χ0v) is 23.6. The lowest BCUT2D eigenvalue weighted by atomic mass is 10.1. The Morgan fingerprint density at radius 1 is 1.18 bits per heavy atom. The van der Waals surface area contributed by atoms with Crippen LogP contribution in [0.2, 0.25) is 0 Å². The number of aromatic amines is 1. The van der Waals surface area contributed by atoms with E-state index >= 15 is 4.39 Å². The third-order valence-electron chi connectivity index (χ3n) is 5.47. The van der Waals surface area contributed by atoms with Gasteiger partial charge in [-0.25, -0.2) is 19.4 Å². The Morgan fingerprint density at radius 2 is 1.79 bits per heavy atom. The first-order valence-corrected chi connectivity index (χ1v) is 14.1. The van der Waals surface area contributed by atoms with Crippen molar-refractivity contribution in [3.8, 4) is 0 Å². The van der Waals surface area contributed by atoms with Crippen molar-refractivity contribution in [3.05, 3.63) is 33.1 Å². The molecule has 0 saturated carbocycles. The second-order valence-corrected chi connectivity index (χ2v) is 11.7. The molecule has 1 aliphatic rings. The van der Waals surface area contributed by atoms with E-state index in [0.29, 0.717) is 0 Å². The van der Waals surface area contributed by atoms with Crippen molar-refractivity contribution < 1.29 is 37.3 Å². The average molecular weight is 565 g/mol. The second-order valence-electron chi connectivity index (χ2n) is 9.83. The Bertz CT molecular complexity index is 1140. The molecule has 0 radical (unpaired) electrons. The molecular formula is C23H38FN4O9P. The van der Waals surface area contributed by atoms with Crippen LogP contribution in [0, 0.1) is 5.92 Å². The van der Waals surface area contributed by atoms with Crippen LogP contribution in [0.1, 0.15) is 67.5 Å². The van der Waals surface area contributed by atoms with E-state index in [1.807, 2.05) is 0 Å². The van der Waals surface area contributed by atoms with E-state index in [0.717, 1.165) is 10.6 Å². The van der Waals surface area contributed by atoms with Crippen molar-refractivity contribution in [3.63, 3.8) is 0 Å². The molecular weight excluding hydrogens is 526 g/mol. The van der Waals surface area contributed by atoms with Gasteiger partial charge >= 0.3 is 25.3 Å². The van der Waals surface area contributed by atoms with Crippen molar-refractivity contribution in [1.29, 1.82) is 0 Å². The van der Waals surface area contributed by atoms with Gasteiger partial charge in [0.2, 0.25) is 5.85 Å². The molecule has 0 aliphatic carbocycles. The number of H-pyrrole nitrogens is 1. The predicted octanol–water partition coefficient (Wildman–Crippen LogP) is 2.13. The van der Waals surface area contributed by atoms with Gasteiger partial charge in [0, 0.05) is 24.6 Å². The quantitative estimate of drug-likeness (QED) is 0.237. The third-order valence-corrected chi connectivity index (χ3v) is 7.34. The summed E-state index contributed by atoms with van der Waals surface area (Å²) < 4.78 is 51.9. The van der Waals surface area contributed by atoms with Crippen molar-refractivity contribution in [2.24, 2.45) is 5.92 Å². The van der Waals surface area contributed by atoms with Gasteiger partial charge in [-0.15, -0.1) is 0 Å². The summed E-state index contributed by atoms with van der Waals surface area (Å²) in [7, 11) is -4.30. The number of carbonyl (C=O) groups is 2. The lowest BCUT2D eigenvalue weighted by Crippen LogP contribution is -2.45. The van der Waals surface area contributed by atoms with Crippen LogP contribution in [0.5, 0.6) is 0 Å². The number of hydrogen-bond acceptors (Lipinski definition) is 9. The van der Waals surface area contributed by atoms with Crippen LogP contribution in [0.4, 0.5) is 4.39 Å². The number of nitrogens with one attached hydrogen (secondary N) is 3. The van der Waals surface area contributed by atoms with Crippen molar-refractivity contribution >= 4 is 19.6 Å². The maximum Gasteiger partial charge on any atom is 0.342 e. The van der Waals surface area contributed by atoms with E-state index < -0.39 is 79.8 Å². The van der Waals surface area contributed by atoms with Crippen LogP contribution in [0.3, 0.4) is 0 Å². The van der Waals surface area contributed by atoms with E-state index in [1.165, 1.54) is 13.1 Å². The number of esters is 2. The Kier molecular flexibility index (Phi) is 11.0. The number of rotatable bonds is 13. The minimum atomic E-state index is -4.30. The molecule has 3 N–H and O–H groups in total. The highest BCUT2D eigenvalue weighted by Gasteiger charge is 2.48. The van der Waals surface area contributed by atoms with Crippen LogP contribution in [0.15, 0.2) is 21.9 Å². The molecule has 38 heavy (non-hydrogen) atoms. The van der Waals surface area contributed by atoms with Crippen molar-refractivity contribution in [2.45, 2.75) is 97.7 Å². The fourth-order valence-electron chi connectivity index (χ4n) is 3.79. The Morgan fingerprint density at radius 3 is 2.34 bits per heavy atom. The average Bonchev–Trinajstić information content (AvgIpc) is 3.09. The van der Waals surface area contributed by atoms with E-state index in [4.69, 9.17) is 18.7 Å². The molecule has 0 bridgehead atoms. The smallest absolute Gasteiger partial charge is 0.342 e. The third kappa shape index (κ3) is 8.84. The van der Waals surface area contributed by atoms with Crippen LogP contribution >= 0.6 is 7.67 Å². The first-order valence-electron chi connectivity index (χ1n) is 12.5. The van der Waals surface area contributed by atoms with Crippen LogP contribution in [-0.2, 0) is 32.9 Å². The number of halogens is 1. The second kappa shape index (κ2) is 13.1. The number of ether oxygens (including phenoxy) is 3. The Labute approximate surface area is 220 Å². The highest BCUT2D eigenvalue weighted by atomic mass is 31.2. The van der Waals surface area contributed by atoms with E-state index in [1.54, 1.807) is 41.5 Å². The molecule has 0 spiro atoms. The number of hydrogen-bond donors (Lipinski definition) is 3. The van der Waals surface area contributed by atoms with Crippen molar-refractivity contribution in [2.75, 3.05) is 6.61 Å². The molecule has 1 aromatic rings. The lowest BCUT2D eigenvalue weighted by molar-refractivity contribution is -0.174.